The Morgan fingerprint density at radius 2 is 1.94 bits per heavy atom. The van der Waals surface area contributed by atoms with Gasteiger partial charge in [0.25, 0.3) is 0 Å². The van der Waals surface area contributed by atoms with E-state index in [0.29, 0.717) is 12.0 Å². The summed E-state index contributed by atoms with van der Waals surface area (Å²) in [5.74, 6) is 2.40. The summed E-state index contributed by atoms with van der Waals surface area (Å²) in [4.78, 5) is 2.64. The number of likely N-dealkylation sites (tertiary alicyclic amines) is 1. The zero-order chi connectivity index (χ0) is 12.3. The van der Waals surface area contributed by atoms with E-state index < -0.39 is 0 Å². The largest absolute Gasteiger partial charge is 0.381 e. The fourth-order valence-electron chi connectivity index (χ4n) is 3.24. The minimum absolute atomic E-state index is 0.667. The van der Waals surface area contributed by atoms with Crippen LogP contribution in [0.25, 0.3) is 0 Å². The van der Waals surface area contributed by atoms with Crippen LogP contribution in [-0.4, -0.2) is 50.3 Å². The Bertz CT molecular complexity index is 222. The van der Waals surface area contributed by atoms with Crippen molar-refractivity contribution < 1.29 is 4.74 Å². The summed E-state index contributed by atoms with van der Waals surface area (Å²) in [5.41, 5.74) is 0. The highest BCUT2D eigenvalue weighted by Crippen LogP contribution is 2.25. The van der Waals surface area contributed by atoms with Gasteiger partial charge in [0.15, 0.2) is 0 Å². The van der Waals surface area contributed by atoms with Crippen molar-refractivity contribution in [1.82, 2.24) is 10.2 Å². The van der Waals surface area contributed by atoms with Gasteiger partial charge >= 0.3 is 0 Å². The summed E-state index contributed by atoms with van der Waals surface area (Å²) < 4.78 is 5.66. The first-order valence-electron chi connectivity index (χ1n) is 7.24. The lowest BCUT2D eigenvalue weighted by Crippen LogP contribution is -2.47. The molecule has 4 unspecified atom stereocenters. The van der Waals surface area contributed by atoms with E-state index in [9.17, 15) is 0 Å². The number of nitrogens with one attached hydrogen (secondary N) is 1. The number of hydrogen-bond acceptors (Lipinski definition) is 3. The van der Waals surface area contributed by atoms with Gasteiger partial charge in [-0.2, -0.15) is 0 Å². The highest BCUT2D eigenvalue weighted by Gasteiger charge is 2.31. The molecular weight excluding hydrogens is 212 g/mol. The zero-order valence-electron chi connectivity index (χ0n) is 11.6. The molecule has 2 saturated heterocycles. The molecule has 0 aliphatic carbocycles. The molecule has 0 aromatic carbocycles. The van der Waals surface area contributed by atoms with Crippen LogP contribution in [0.5, 0.6) is 0 Å². The van der Waals surface area contributed by atoms with Gasteiger partial charge in [-0.05, 0) is 24.8 Å². The van der Waals surface area contributed by atoms with Gasteiger partial charge in [0.2, 0.25) is 0 Å². The Labute approximate surface area is 106 Å². The summed E-state index contributed by atoms with van der Waals surface area (Å²) in [7, 11) is 0. The summed E-state index contributed by atoms with van der Waals surface area (Å²) in [6.07, 6.45) is 1.18. The van der Waals surface area contributed by atoms with Gasteiger partial charge in [-0.15, -0.1) is 0 Å². The first kappa shape index (κ1) is 13.3. The molecule has 1 N–H and O–H groups in total. The van der Waals surface area contributed by atoms with Crippen molar-refractivity contribution in [2.24, 2.45) is 17.8 Å². The summed E-state index contributed by atoms with van der Waals surface area (Å²) in [6, 6.07) is 0.667. The molecule has 0 aromatic rings. The van der Waals surface area contributed by atoms with Crippen LogP contribution in [-0.2, 0) is 4.74 Å². The summed E-state index contributed by atoms with van der Waals surface area (Å²) >= 11 is 0. The maximum Gasteiger partial charge on any atom is 0.0521 e. The minimum atomic E-state index is 0.667. The van der Waals surface area contributed by atoms with E-state index in [2.05, 4.69) is 31.0 Å². The number of ether oxygens (including phenoxy) is 1. The molecule has 2 fully saturated rings. The Hall–Kier alpha value is -0.120. The quantitative estimate of drug-likeness (QED) is 0.807. The van der Waals surface area contributed by atoms with E-state index in [1.54, 1.807) is 0 Å². The highest BCUT2D eigenvalue weighted by molar-refractivity contribution is 4.85. The zero-order valence-corrected chi connectivity index (χ0v) is 11.6. The van der Waals surface area contributed by atoms with E-state index in [-0.39, 0.29) is 0 Å². The Balaban J connectivity index is 1.83. The van der Waals surface area contributed by atoms with Crippen molar-refractivity contribution in [3.05, 3.63) is 0 Å². The molecule has 2 aliphatic heterocycles. The lowest BCUT2D eigenvalue weighted by Gasteiger charge is -2.34. The second-order valence-corrected chi connectivity index (χ2v) is 5.96. The van der Waals surface area contributed by atoms with Crippen molar-refractivity contribution in [2.75, 3.05) is 39.4 Å². The van der Waals surface area contributed by atoms with Crippen molar-refractivity contribution in [3.63, 3.8) is 0 Å². The van der Waals surface area contributed by atoms with Crippen LogP contribution in [0.1, 0.15) is 27.2 Å². The molecule has 2 rings (SSSR count). The van der Waals surface area contributed by atoms with Crippen LogP contribution in [0.15, 0.2) is 0 Å². The monoisotopic (exact) mass is 240 g/mol. The van der Waals surface area contributed by atoms with E-state index >= 15 is 0 Å². The van der Waals surface area contributed by atoms with Gasteiger partial charge < -0.3 is 15.0 Å². The second kappa shape index (κ2) is 6.17. The van der Waals surface area contributed by atoms with Crippen LogP contribution in [0.2, 0.25) is 0 Å². The van der Waals surface area contributed by atoms with Gasteiger partial charge in [-0.1, -0.05) is 20.8 Å². The van der Waals surface area contributed by atoms with Crippen molar-refractivity contribution in [2.45, 2.75) is 33.2 Å². The molecule has 3 heteroatoms. The average Bonchev–Trinajstić information content (AvgIpc) is 2.61. The second-order valence-electron chi connectivity index (χ2n) is 5.96. The van der Waals surface area contributed by atoms with Crippen LogP contribution in [0.3, 0.4) is 0 Å². The van der Waals surface area contributed by atoms with Gasteiger partial charge in [0.1, 0.15) is 0 Å². The Kier molecular flexibility index (Phi) is 4.83. The van der Waals surface area contributed by atoms with E-state index in [1.807, 2.05) is 0 Å². The minimum Gasteiger partial charge on any atom is -0.381 e. The molecule has 0 spiro atoms. The fourth-order valence-corrected chi connectivity index (χ4v) is 3.24. The Morgan fingerprint density at radius 3 is 2.59 bits per heavy atom. The normalized spacial score (nSPS) is 39.7. The lowest BCUT2D eigenvalue weighted by molar-refractivity contribution is 0.0193. The third kappa shape index (κ3) is 3.43. The summed E-state index contributed by atoms with van der Waals surface area (Å²) in [6.45, 7) is 13.7. The molecule has 2 heterocycles. The van der Waals surface area contributed by atoms with Crippen LogP contribution in [0, 0.1) is 17.8 Å². The van der Waals surface area contributed by atoms with Crippen molar-refractivity contribution >= 4 is 0 Å². The van der Waals surface area contributed by atoms with Gasteiger partial charge in [0, 0.05) is 38.2 Å². The van der Waals surface area contributed by atoms with Crippen LogP contribution in [0.4, 0.5) is 0 Å². The molecule has 0 aromatic heterocycles. The fraction of sp³-hybridized carbons (Fsp3) is 1.00. The number of nitrogens with zero attached hydrogens (tertiary/aromatic N) is 1. The topological polar surface area (TPSA) is 24.5 Å². The average molecular weight is 240 g/mol. The van der Waals surface area contributed by atoms with Gasteiger partial charge in [-0.3, -0.25) is 0 Å². The molecule has 17 heavy (non-hydrogen) atoms. The third-order valence-electron chi connectivity index (χ3n) is 4.50. The molecular formula is C14H28N2O. The molecule has 2 aliphatic rings. The Morgan fingerprint density at radius 1 is 1.24 bits per heavy atom. The SMILES string of the molecule is CCNC1CCOCC1CN1CC(C)C(C)C1. The maximum absolute atomic E-state index is 5.66. The molecule has 100 valence electrons. The molecule has 3 nitrogen and oxygen atoms in total. The number of hydrogen-bond donors (Lipinski definition) is 1. The standard InChI is InChI=1S/C14H28N2O/c1-4-15-14-5-6-17-10-13(14)9-16-7-11(2)12(3)8-16/h11-15H,4-10H2,1-3H3. The third-order valence-corrected chi connectivity index (χ3v) is 4.50. The molecule has 0 amide bonds. The predicted molar refractivity (Wildman–Crippen MR) is 71.2 cm³/mol. The van der Waals surface area contributed by atoms with E-state index in [4.69, 9.17) is 4.74 Å². The van der Waals surface area contributed by atoms with Crippen LogP contribution >= 0.6 is 0 Å². The predicted octanol–water partition coefficient (Wildman–Crippen LogP) is 1.59. The first-order valence-corrected chi connectivity index (χ1v) is 7.24. The van der Waals surface area contributed by atoms with Crippen molar-refractivity contribution in [1.29, 1.82) is 0 Å². The lowest BCUT2D eigenvalue weighted by atomic mass is 9.95. The van der Waals surface area contributed by atoms with Crippen LogP contribution < -0.4 is 5.32 Å². The summed E-state index contributed by atoms with van der Waals surface area (Å²) in [5, 5.41) is 3.62. The smallest absolute Gasteiger partial charge is 0.0521 e. The van der Waals surface area contributed by atoms with E-state index in [1.165, 1.54) is 26.1 Å². The molecule has 0 radical (unpaired) electrons. The number of rotatable bonds is 4. The molecule has 0 bridgehead atoms. The molecule has 0 saturated carbocycles. The highest BCUT2D eigenvalue weighted by atomic mass is 16.5. The van der Waals surface area contributed by atoms with E-state index in [0.717, 1.165) is 31.6 Å². The first-order chi connectivity index (χ1) is 8.20. The maximum atomic E-state index is 5.66. The van der Waals surface area contributed by atoms with Gasteiger partial charge in [-0.25, -0.2) is 0 Å². The molecule has 4 atom stereocenters. The van der Waals surface area contributed by atoms with Crippen molar-refractivity contribution in [3.8, 4) is 0 Å². The van der Waals surface area contributed by atoms with Gasteiger partial charge in [0.05, 0.1) is 6.61 Å².